The molecule has 4 N–H and O–H groups in total. The van der Waals surface area contributed by atoms with E-state index in [1.807, 2.05) is 13.8 Å². The minimum atomic E-state index is 0. The van der Waals surface area contributed by atoms with Crippen LogP contribution in [0, 0.1) is 0 Å². The van der Waals surface area contributed by atoms with Gasteiger partial charge in [0.25, 0.3) is 0 Å². The molecule has 0 radical (unpaired) electrons. The summed E-state index contributed by atoms with van der Waals surface area (Å²) in [5, 5.41) is 22.3. The van der Waals surface area contributed by atoms with Crippen LogP contribution < -0.4 is 10.6 Å². The summed E-state index contributed by atoms with van der Waals surface area (Å²) in [5.41, 5.74) is 0. The van der Waals surface area contributed by atoms with E-state index in [9.17, 15) is 0 Å². The summed E-state index contributed by atoms with van der Waals surface area (Å²) >= 11 is 0. The van der Waals surface area contributed by atoms with Crippen molar-refractivity contribution in [3.8, 4) is 0 Å². The van der Waals surface area contributed by atoms with Gasteiger partial charge in [0, 0.05) is 39.4 Å². The first kappa shape index (κ1) is 26.7. The lowest BCUT2D eigenvalue weighted by atomic mass is 10.2. The molecule has 0 aromatic rings. The van der Waals surface area contributed by atoms with Crippen molar-refractivity contribution < 1.29 is 10.2 Å². The molecule has 2 aliphatic heterocycles. The number of piperazine rings is 1. The van der Waals surface area contributed by atoms with Crippen LogP contribution in [0.3, 0.4) is 0 Å². The second-order valence-electron chi connectivity index (χ2n) is 5.31. The number of nitrogens with zero attached hydrogens (tertiary/aromatic N) is 1. The molecule has 0 aliphatic carbocycles. The highest BCUT2D eigenvalue weighted by atomic mass is 16.3. The molecule has 2 heterocycles. The molecular formula is C17H43N3O2. The molecule has 0 saturated carbocycles. The summed E-state index contributed by atoms with van der Waals surface area (Å²) < 4.78 is 0. The third-order valence-electron chi connectivity index (χ3n) is 2.99. The van der Waals surface area contributed by atoms with Crippen LogP contribution >= 0.6 is 0 Å². The van der Waals surface area contributed by atoms with Crippen LogP contribution in [-0.4, -0.2) is 74.6 Å². The molecule has 2 saturated heterocycles. The molecule has 138 valence electrons. The van der Waals surface area contributed by atoms with Crippen molar-refractivity contribution in [1.29, 1.82) is 0 Å². The summed E-state index contributed by atoms with van der Waals surface area (Å²) in [5.74, 6) is 0. The van der Waals surface area contributed by atoms with E-state index in [4.69, 9.17) is 10.2 Å². The average molecular weight is 322 g/mol. The Balaban J connectivity index is -0.000000223. The maximum absolute atomic E-state index is 7.88. The number of aliphatic hydroxyl groups excluding tert-OH is 2. The predicted octanol–water partition coefficient (Wildman–Crippen LogP) is 1.69. The van der Waals surface area contributed by atoms with E-state index in [2.05, 4.69) is 22.6 Å². The van der Waals surface area contributed by atoms with Crippen molar-refractivity contribution in [3.63, 3.8) is 0 Å². The number of nitrogens with one attached hydrogen (secondary N) is 2. The third-order valence-corrected chi connectivity index (χ3v) is 2.99. The van der Waals surface area contributed by atoms with Crippen LogP contribution in [0.1, 0.15) is 53.4 Å². The van der Waals surface area contributed by atoms with Crippen molar-refractivity contribution in [2.75, 3.05) is 59.5 Å². The Morgan fingerprint density at radius 1 is 0.773 bits per heavy atom. The van der Waals surface area contributed by atoms with Crippen LogP contribution in [0.15, 0.2) is 0 Å². The summed E-state index contributed by atoms with van der Waals surface area (Å²) in [7, 11) is 2.15. The first-order valence-corrected chi connectivity index (χ1v) is 8.54. The molecule has 22 heavy (non-hydrogen) atoms. The van der Waals surface area contributed by atoms with Gasteiger partial charge in [0.05, 0.1) is 0 Å². The SMILES string of the molecule is C.C1CCNCC1.CCCO.CCCO.CN1CCNCC1. The van der Waals surface area contributed by atoms with Gasteiger partial charge in [-0.05, 0) is 45.8 Å². The minimum Gasteiger partial charge on any atom is -0.396 e. The Bertz CT molecular complexity index is 142. The molecule has 2 aliphatic rings. The van der Waals surface area contributed by atoms with Gasteiger partial charge in [-0.15, -0.1) is 0 Å². The van der Waals surface area contributed by atoms with E-state index in [0.29, 0.717) is 13.2 Å². The number of hydrogen-bond acceptors (Lipinski definition) is 5. The van der Waals surface area contributed by atoms with Crippen molar-refractivity contribution in [3.05, 3.63) is 0 Å². The highest BCUT2D eigenvalue weighted by Gasteiger charge is 2.01. The Kier molecular flexibility index (Phi) is 31.2. The molecule has 0 bridgehead atoms. The van der Waals surface area contributed by atoms with Crippen molar-refractivity contribution in [1.82, 2.24) is 15.5 Å². The van der Waals surface area contributed by atoms with Gasteiger partial charge in [0.15, 0.2) is 0 Å². The van der Waals surface area contributed by atoms with Crippen molar-refractivity contribution in [2.45, 2.75) is 53.4 Å². The van der Waals surface area contributed by atoms with E-state index in [1.54, 1.807) is 0 Å². The predicted molar refractivity (Wildman–Crippen MR) is 98.6 cm³/mol. The lowest BCUT2D eigenvalue weighted by molar-refractivity contribution is 0.291. The average Bonchev–Trinajstić information content (AvgIpc) is 2.58. The van der Waals surface area contributed by atoms with Gasteiger partial charge in [0.2, 0.25) is 0 Å². The molecule has 0 unspecified atom stereocenters. The number of piperidine rings is 1. The van der Waals surface area contributed by atoms with Crippen molar-refractivity contribution >= 4 is 0 Å². The van der Waals surface area contributed by atoms with Crippen molar-refractivity contribution in [2.24, 2.45) is 0 Å². The summed E-state index contributed by atoms with van der Waals surface area (Å²) in [4.78, 5) is 2.33. The fraction of sp³-hybridized carbons (Fsp3) is 1.00. The fourth-order valence-electron chi connectivity index (χ4n) is 1.58. The topological polar surface area (TPSA) is 67.8 Å². The molecule has 0 aromatic heterocycles. The standard InChI is InChI=1S/C5H12N2.C5H11N.2C3H8O.CH4/c1-7-4-2-6-3-5-7;1-2-4-6-5-3-1;2*1-2-3-4;/h6H,2-5H2,1H3;6H,1-5H2;2*4H,2-3H2,1H3;1H4. The maximum atomic E-state index is 7.88. The van der Waals surface area contributed by atoms with E-state index in [0.717, 1.165) is 25.9 Å². The molecule has 5 nitrogen and oxygen atoms in total. The molecule has 0 spiro atoms. The number of likely N-dealkylation sites (N-methyl/N-ethyl adjacent to an activating group) is 1. The molecule has 2 rings (SSSR count). The monoisotopic (exact) mass is 321 g/mol. The van der Waals surface area contributed by atoms with Gasteiger partial charge in [-0.3, -0.25) is 0 Å². The van der Waals surface area contributed by atoms with Crippen LogP contribution in [0.4, 0.5) is 0 Å². The zero-order valence-electron chi connectivity index (χ0n) is 14.5. The molecule has 2 fully saturated rings. The molecule has 0 atom stereocenters. The first-order chi connectivity index (χ1) is 10.2. The normalized spacial score (nSPS) is 17.3. The van der Waals surface area contributed by atoms with Gasteiger partial charge in [-0.1, -0.05) is 27.7 Å². The van der Waals surface area contributed by atoms with Gasteiger partial charge in [0.1, 0.15) is 0 Å². The third kappa shape index (κ3) is 28.0. The molecule has 0 amide bonds. The number of rotatable bonds is 2. The quantitative estimate of drug-likeness (QED) is 0.623. The summed E-state index contributed by atoms with van der Waals surface area (Å²) in [6.45, 7) is 11.7. The summed E-state index contributed by atoms with van der Waals surface area (Å²) in [6, 6.07) is 0. The largest absolute Gasteiger partial charge is 0.396 e. The molecular weight excluding hydrogens is 278 g/mol. The zero-order valence-corrected chi connectivity index (χ0v) is 14.5. The molecule has 0 aromatic carbocycles. The minimum absolute atomic E-state index is 0. The fourth-order valence-corrected chi connectivity index (χ4v) is 1.58. The second kappa shape index (κ2) is 25.7. The highest BCUT2D eigenvalue weighted by molar-refractivity contribution is 4.62. The Labute approximate surface area is 139 Å². The first-order valence-electron chi connectivity index (χ1n) is 8.54. The number of aliphatic hydroxyl groups is 2. The van der Waals surface area contributed by atoms with Crippen LogP contribution in [-0.2, 0) is 0 Å². The van der Waals surface area contributed by atoms with Crippen LogP contribution in [0.2, 0.25) is 0 Å². The van der Waals surface area contributed by atoms with Crippen LogP contribution in [0.5, 0.6) is 0 Å². The molecule has 5 heteroatoms. The smallest absolute Gasteiger partial charge is 0.0428 e. The van der Waals surface area contributed by atoms with Gasteiger partial charge >= 0.3 is 0 Å². The maximum Gasteiger partial charge on any atom is 0.0428 e. The lowest BCUT2D eigenvalue weighted by Gasteiger charge is -2.21. The Morgan fingerprint density at radius 2 is 1.14 bits per heavy atom. The number of hydrogen-bond donors (Lipinski definition) is 4. The van der Waals surface area contributed by atoms with E-state index < -0.39 is 0 Å². The van der Waals surface area contributed by atoms with Gasteiger partial charge in [-0.2, -0.15) is 0 Å². The van der Waals surface area contributed by atoms with E-state index >= 15 is 0 Å². The van der Waals surface area contributed by atoms with E-state index in [-0.39, 0.29) is 7.43 Å². The van der Waals surface area contributed by atoms with Gasteiger partial charge < -0.3 is 25.7 Å². The second-order valence-corrected chi connectivity index (χ2v) is 5.31. The Hall–Kier alpha value is -0.200. The van der Waals surface area contributed by atoms with Gasteiger partial charge in [-0.25, -0.2) is 0 Å². The lowest BCUT2D eigenvalue weighted by Crippen LogP contribution is -2.40. The Morgan fingerprint density at radius 3 is 1.27 bits per heavy atom. The van der Waals surface area contributed by atoms with Crippen LogP contribution in [0.25, 0.3) is 0 Å². The van der Waals surface area contributed by atoms with E-state index in [1.165, 1.54) is 45.4 Å². The highest BCUT2D eigenvalue weighted by Crippen LogP contribution is 1.96. The summed E-state index contributed by atoms with van der Waals surface area (Å²) in [6.07, 6.45) is 5.97. The zero-order chi connectivity index (χ0) is 16.2.